The molecular formula is C24H27N3O3. The average Bonchev–Trinajstić information content (AvgIpc) is 3.45. The summed E-state index contributed by atoms with van der Waals surface area (Å²) in [6.45, 7) is 2.23. The summed E-state index contributed by atoms with van der Waals surface area (Å²) in [5.74, 6) is 2.03. The topological polar surface area (TPSA) is 56.6 Å². The van der Waals surface area contributed by atoms with E-state index in [9.17, 15) is 4.79 Å². The Morgan fingerprint density at radius 3 is 2.70 bits per heavy atom. The Hall–Kier alpha value is -3.28. The Morgan fingerprint density at radius 2 is 1.93 bits per heavy atom. The molecular weight excluding hydrogens is 378 g/mol. The summed E-state index contributed by atoms with van der Waals surface area (Å²) in [6, 6.07) is 15.8. The molecule has 1 unspecified atom stereocenters. The largest absolute Gasteiger partial charge is 0.493 e. The van der Waals surface area contributed by atoms with Gasteiger partial charge in [0.1, 0.15) is 0 Å². The van der Waals surface area contributed by atoms with Crippen LogP contribution in [0.4, 0.5) is 0 Å². The zero-order valence-corrected chi connectivity index (χ0v) is 17.5. The second-order valence-electron chi connectivity index (χ2n) is 7.70. The van der Waals surface area contributed by atoms with Crippen LogP contribution in [0.25, 0.3) is 0 Å². The molecule has 0 bridgehead atoms. The molecule has 1 aliphatic rings. The molecule has 1 fully saturated rings. The standard InChI is InChI=1S/C24H27N3O3/c1-29-22-8-7-18(15-23(22)30-2)13-20-9-12-26(16-20)24(28)21-6-3-5-19(14-21)17-27-11-4-10-25-27/h3-8,10-11,14-15,20H,9,12-13,16-17H2,1-2H3. The van der Waals surface area contributed by atoms with Crippen molar-refractivity contribution in [3.63, 3.8) is 0 Å². The van der Waals surface area contributed by atoms with E-state index in [1.54, 1.807) is 20.4 Å². The molecule has 1 amide bonds. The summed E-state index contributed by atoms with van der Waals surface area (Å²) in [7, 11) is 3.29. The number of methoxy groups -OCH3 is 2. The summed E-state index contributed by atoms with van der Waals surface area (Å²) in [4.78, 5) is 15.0. The number of ether oxygens (including phenoxy) is 2. The van der Waals surface area contributed by atoms with Gasteiger partial charge in [-0.05, 0) is 60.2 Å². The molecule has 1 aromatic heterocycles. The minimum Gasteiger partial charge on any atom is -0.493 e. The van der Waals surface area contributed by atoms with Crippen molar-refractivity contribution in [1.82, 2.24) is 14.7 Å². The number of amides is 1. The van der Waals surface area contributed by atoms with E-state index in [4.69, 9.17) is 9.47 Å². The van der Waals surface area contributed by atoms with E-state index in [0.717, 1.165) is 48.6 Å². The second-order valence-corrected chi connectivity index (χ2v) is 7.70. The van der Waals surface area contributed by atoms with Gasteiger partial charge in [0, 0.05) is 31.0 Å². The highest BCUT2D eigenvalue weighted by Gasteiger charge is 2.27. The summed E-state index contributed by atoms with van der Waals surface area (Å²) < 4.78 is 12.6. The number of nitrogens with zero attached hydrogens (tertiary/aromatic N) is 3. The molecule has 6 nitrogen and oxygen atoms in total. The van der Waals surface area contributed by atoms with Gasteiger partial charge in [-0.15, -0.1) is 0 Å². The van der Waals surface area contributed by atoms with E-state index < -0.39 is 0 Å². The highest BCUT2D eigenvalue weighted by atomic mass is 16.5. The molecule has 6 heteroatoms. The van der Waals surface area contributed by atoms with Crippen molar-refractivity contribution < 1.29 is 14.3 Å². The summed E-state index contributed by atoms with van der Waals surface area (Å²) in [6.07, 6.45) is 5.61. The lowest BCUT2D eigenvalue weighted by Gasteiger charge is -2.17. The van der Waals surface area contributed by atoms with Crippen LogP contribution in [0.1, 0.15) is 27.9 Å². The maximum Gasteiger partial charge on any atom is 0.253 e. The van der Waals surface area contributed by atoms with Gasteiger partial charge >= 0.3 is 0 Å². The van der Waals surface area contributed by atoms with Crippen molar-refractivity contribution in [2.75, 3.05) is 27.3 Å². The van der Waals surface area contributed by atoms with Crippen LogP contribution in [-0.2, 0) is 13.0 Å². The molecule has 0 spiro atoms. The van der Waals surface area contributed by atoms with E-state index >= 15 is 0 Å². The molecule has 156 valence electrons. The quantitative estimate of drug-likeness (QED) is 0.602. The van der Waals surface area contributed by atoms with Crippen LogP contribution < -0.4 is 9.47 Å². The molecule has 2 heterocycles. The number of likely N-dealkylation sites (tertiary alicyclic amines) is 1. The zero-order valence-electron chi connectivity index (χ0n) is 17.5. The van der Waals surface area contributed by atoms with E-state index in [2.05, 4.69) is 11.2 Å². The summed E-state index contributed by atoms with van der Waals surface area (Å²) in [5.41, 5.74) is 3.02. The first-order valence-corrected chi connectivity index (χ1v) is 10.2. The fraction of sp³-hybridized carbons (Fsp3) is 0.333. The molecule has 0 N–H and O–H groups in total. The van der Waals surface area contributed by atoms with Gasteiger partial charge < -0.3 is 14.4 Å². The number of rotatable bonds is 7. The number of carbonyl (C=O) groups excluding carboxylic acids is 1. The molecule has 1 aliphatic heterocycles. The molecule has 0 radical (unpaired) electrons. The van der Waals surface area contributed by atoms with Crippen LogP contribution in [-0.4, -0.2) is 47.9 Å². The number of carbonyl (C=O) groups is 1. The van der Waals surface area contributed by atoms with Gasteiger partial charge in [0.2, 0.25) is 0 Å². The maximum absolute atomic E-state index is 13.1. The SMILES string of the molecule is COc1ccc(CC2CCN(C(=O)c3cccc(Cn4cccn4)c3)C2)cc1OC. The van der Waals surface area contributed by atoms with E-state index in [-0.39, 0.29) is 5.91 Å². The van der Waals surface area contributed by atoms with Crippen molar-refractivity contribution in [2.24, 2.45) is 5.92 Å². The first kappa shape index (κ1) is 20.0. The van der Waals surface area contributed by atoms with Crippen LogP contribution >= 0.6 is 0 Å². The molecule has 4 rings (SSSR count). The van der Waals surface area contributed by atoms with Crippen molar-refractivity contribution in [3.05, 3.63) is 77.6 Å². The highest BCUT2D eigenvalue weighted by molar-refractivity contribution is 5.94. The summed E-state index contributed by atoms with van der Waals surface area (Å²) in [5, 5.41) is 4.24. The van der Waals surface area contributed by atoms with Crippen molar-refractivity contribution in [3.8, 4) is 11.5 Å². The van der Waals surface area contributed by atoms with Crippen LogP contribution in [0.3, 0.4) is 0 Å². The van der Waals surface area contributed by atoms with Gasteiger partial charge in [0.05, 0.1) is 20.8 Å². The third kappa shape index (κ3) is 4.48. The second kappa shape index (κ2) is 9.03. The fourth-order valence-electron chi connectivity index (χ4n) is 4.09. The molecule has 0 saturated carbocycles. The number of aromatic nitrogens is 2. The molecule has 3 aromatic rings. The number of hydrogen-bond acceptors (Lipinski definition) is 4. The summed E-state index contributed by atoms with van der Waals surface area (Å²) >= 11 is 0. The number of hydrogen-bond donors (Lipinski definition) is 0. The zero-order chi connectivity index (χ0) is 20.9. The van der Waals surface area contributed by atoms with Gasteiger partial charge in [-0.25, -0.2) is 0 Å². The number of benzene rings is 2. The predicted molar refractivity (Wildman–Crippen MR) is 115 cm³/mol. The molecule has 30 heavy (non-hydrogen) atoms. The van der Waals surface area contributed by atoms with Gasteiger partial charge in [0.15, 0.2) is 11.5 Å². The van der Waals surface area contributed by atoms with E-state index in [1.807, 2.05) is 58.2 Å². The predicted octanol–water partition coefficient (Wildman–Crippen LogP) is 3.65. The van der Waals surface area contributed by atoms with Gasteiger partial charge in [-0.1, -0.05) is 18.2 Å². The first-order chi connectivity index (χ1) is 14.7. The first-order valence-electron chi connectivity index (χ1n) is 10.2. The minimum atomic E-state index is 0.104. The molecule has 1 saturated heterocycles. The smallest absolute Gasteiger partial charge is 0.253 e. The highest BCUT2D eigenvalue weighted by Crippen LogP contribution is 2.30. The maximum atomic E-state index is 13.1. The lowest BCUT2D eigenvalue weighted by molar-refractivity contribution is 0.0787. The normalized spacial score (nSPS) is 15.9. The fourth-order valence-corrected chi connectivity index (χ4v) is 4.09. The van der Waals surface area contributed by atoms with Gasteiger partial charge in [-0.2, -0.15) is 5.10 Å². The van der Waals surface area contributed by atoms with Crippen LogP contribution in [0.15, 0.2) is 60.9 Å². The van der Waals surface area contributed by atoms with Crippen molar-refractivity contribution >= 4 is 5.91 Å². The van der Waals surface area contributed by atoms with Gasteiger partial charge in [0.25, 0.3) is 5.91 Å². The monoisotopic (exact) mass is 405 g/mol. The Morgan fingerprint density at radius 1 is 1.07 bits per heavy atom. The Balaban J connectivity index is 1.39. The van der Waals surface area contributed by atoms with Crippen LogP contribution in [0.2, 0.25) is 0 Å². The molecule has 2 aromatic carbocycles. The Kier molecular flexibility index (Phi) is 6.02. The lowest BCUT2D eigenvalue weighted by atomic mass is 9.98. The molecule has 0 aliphatic carbocycles. The van der Waals surface area contributed by atoms with Gasteiger partial charge in [-0.3, -0.25) is 9.48 Å². The third-order valence-electron chi connectivity index (χ3n) is 5.62. The third-order valence-corrected chi connectivity index (χ3v) is 5.62. The molecule has 1 atom stereocenters. The van der Waals surface area contributed by atoms with Crippen molar-refractivity contribution in [2.45, 2.75) is 19.4 Å². The average molecular weight is 405 g/mol. The minimum absolute atomic E-state index is 0.104. The Bertz CT molecular complexity index is 1000. The van der Waals surface area contributed by atoms with E-state index in [1.165, 1.54) is 5.56 Å². The van der Waals surface area contributed by atoms with Crippen LogP contribution in [0.5, 0.6) is 11.5 Å². The Labute approximate surface area is 177 Å². The van der Waals surface area contributed by atoms with E-state index in [0.29, 0.717) is 12.5 Å². The lowest BCUT2D eigenvalue weighted by Crippen LogP contribution is -2.29. The van der Waals surface area contributed by atoms with Crippen LogP contribution in [0, 0.1) is 5.92 Å². The van der Waals surface area contributed by atoms with Crippen molar-refractivity contribution in [1.29, 1.82) is 0 Å².